The van der Waals surface area contributed by atoms with Crippen molar-refractivity contribution in [3.05, 3.63) is 35.4 Å². The molecule has 1 nitrogen and oxygen atoms in total. The zero-order valence-electron chi connectivity index (χ0n) is 11.8. The minimum absolute atomic E-state index is 0.345. The van der Waals surface area contributed by atoms with E-state index in [1.165, 1.54) is 18.6 Å². The van der Waals surface area contributed by atoms with Crippen LogP contribution < -0.4 is 5.32 Å². The molecule has 1 aliphatic carbocycles. The summed E-state index contributed by atoms with van der Waals surface area (Å²) in [5.41, 5.74) is 0.474. The lowest BCUT2D eigenvalue weighted by Gasteiger charge is -2.33. The first kappa shape index (κ1) is 15.4. The van der Waals surface area contributed by atoms with E-state index in [2.05, 4.69) is 12.2 Å². The Morgan fingerprint density at radius 3 is 2.35 bits per heavy atom. The van der Waals surface area contributed by atoms with Crippen LogP contribution in [-0.2, 0) is 6.18 Å². The average molecular weight is 285 g/mol. The van der Waals surface area contributed by atoms with E-state index in [1.807, 2.05) is 0 Å². The fourth-order valence-electron chi connectivity index (χ4n) is 3.02. The van der Waals surface area contributed by atoms with Crippen molar-refractivity contribution in [3.63, 3.8) is 0 Å². The normalized spacial score (nSPS) is 23.8. The van der Waals surface area contributed by atoms with Crippen LogP contribution >= 0.6 is 0 Å². The molecule has 0 radical (unpaired) electrons. The largest absolute Gasteiger partial charge is 0.416 e. The summed E-state index contributed by atoms with van der Waals surface area (Å²) < 4.78 is 37.8. The van der Waals surface area contributed by atoms with Gasteiger partial charge >= 0.3 is 6.18 Å². The summed E-state index contributed by atoms with van der Waals surface area (Å²) in [5.74, 6) is 0.345. The average Bonchev–Trinajstić information content (AvgIpc) is 2.45. The first-order valence-electron chi connectivity index (χ1n) is 7.43. The van der Waals surface area contributed by atoms with Crippen LogP contribution in [0, 0.1) is 0 Å². The predicted molar refractivity (Wildman–Crippen MR) is 74.7 cm³/mol. The van der Waals surface area contributed by atoms with Crippen molar-refractivity contribution in [1.29, 1.82) is 0 Å². The quantitative estimate of drug-likeness (QED) is 0.843. The Morgan fingerprint density at radius 1 is 1.10 bits per heavy atom. The zero-order chi connectivity index (χ0) is 14.6. The first-order chi connectivity index (χ1) is 9.52. The Labute approximate surface area is 118 Å². The number of halogens is 3. The van der Waals surface area contributed by atoms with Gasteiger partial charge in [-0.05, 0) is 49.4 Å². The number of hydrogen-bond donors (Lipinski definition) is 1. The molecular formula is C16H22F3N. The molecule has 0 amide bonds. The SMILES string of the molecule is CCCNC1CCCCC1c1ccc(C(F)(F)F)cc1. The standard InChI is InChI=1S/C16H22F3N/c1-2-11-20-15-6-4-3-5-14(15)12-7-9-13(10-8-12)16(17,18)19/h7-10,14-15,20H,2-6,11H2,1H3. The summed E-state index contributed by atoms with van der Waals surface area (Å²) in [4.78, 5) is 0. The first-order valence-corrected chi connectivity index (χ1v) is 7.43. The molecule has 1 saturated carbocycles. The number of alkyl halides is 3. The molecule has 112 valence electrons. The fraction of sp³-hybridized carbons (Fsp3) is 0.625. The summed E-state index contributed by atoms with van der Waals surface area (Å²) in [7, 11) is 0. The molecule has 0 spiro atoms. The highest BCUT2D eigenvalue weighted by Crippen LogP contribution is 2.35. The van der Waals surface area contributed by atoms with E-state index in [0.717, 1.165) is 37.8 Å². The number of rotatable bonds is 4. The summed E-state index contributed by atoms with van der Waals surface area (Å²) >= 11 is 0. The van der Waals surface area contributed by atoms with Gasteiger partial charge in [-0.2, -0.15) is 13.2 Å². The molecule has 1 aromatic carbocycles. The Hall–Kier alpha value is -1.03. The third-order valence-electron chi connectivity index (χ3n) is 4.09. The van der Waals surface area contributed by atoms with Crippen molar-refractivity contribution in [3.8, 4) is 0 Å². The highest BCUT2D eigenvalue weighted by atomic mass is 19.4. The Bertz CT molecular complexity index is 411. The molecule has 1 N–H and O–H groups in total. The maximum atomic E-state index is 12.6. The van der Waals surface area contributed by atoms with Gasteiger partial charge < -0.3 is 5.32 Å². The van der Waals surface area contributed by atoms with Gasteiger partial charge in [-0.15, -0.1) is 0 Å². The van der Waals surface area contributed by atoms with Gasteiger partial charge in [-0.3, -0.25) is 0 Å². The zero-order valence-corrected chi connectivity index (χ0v) is 11.8. The van der Waals surface area contributed by atoms with Crippen LogP contribution in [0.25, 0.3) is 0 Å². The van der Waals surface area contributed by atoms with Gasteiger partial charge in [0, 0.05) is 6.04 Å². The van der Waals surface area contributed by atoms with Gasteiger partial charge in [-0.1, -0.05) is 31.9 Å². The fourth-order valence-corrected chi connectivity index (χ4v) is 3.02. The van der Waals surface area contributed by atoms with E-state index in [9.17, 15) is 13.2 Å². The molecule has 2 atom stereocenters. The molecule has 1 aliphatic rings. The van der Waals surface area contributed by atoms with E-state index in [-0.39, 0.29) is 0 Å². The summed E-state index contributed by atoms with van der Waals surface area (Å²) in [6.45, 7) is 3.10. The minimum Gasteiger partial charge on any atom is -0.313 e. The van der Waals surface area contributed by atoms with Crippen LogP contribution in [0.3, 0.4) is 0 Å². The van der Waals surface area contributed by atoms with Gasteiger partial charge in [0.15, 0.2) is 0 Å². The van der Waals surface area contributed by atoms with E-state index in [4.69, 9.17) is 0 Å². The summed E-state index contributed by atoms with van der Waals surface area (Å²) in [6, 6.07) is 6.13. The molecule has 0 bridgehead atoms. The van der Waals surface area contributed by atoms with Crippen LogP contribution in [0.15, 0.2) is 24.3 Å². The molecule has 0 aliphatic heterocycles. The molecule has 2 rings (SSSR count). The van der Waals surface area contributed by atoms with Crippen molar-refractivity contribution < 1.29 is 13.2 Å². The molecule has 2 unspecified atom stereocenters. The lowest BCUT2D eigenvalue weighted by Crippen LogP contribution is -2.37. The van der Waals surface area contributed by atoms with Crippen LogP contribution in [-0.4, -0.2) is 12.6 Å². The third kappa shape index (κ3) is 3.75. The predicted octanol–water partition coefficient (Wildman–Crippen LogP) is 4.73. The number of benzene rings is 1. The second kappa shape index (κ2) is 6.61. The third-order valence-corrected chi connectivity index (χ3v) is 4.09. The molecule has 0 heterocycles. The molecule has 1 fully saturated rings. The van der Waals surface area contributed by atoms with Crippen molar-refractivity contribution >= 4 is 0 Å². The topological polar surface area (TPSA) is 12.0 Å². The van der Waals surface area contributed by atoms with Crippen LogP contribution in [0.2, 0.25) is 0 Å². The minimum atomic E-state index is -4.25. The Balaban J connectivity index is 2.11. The van der Waals surface area contributed by atoms with Crippen LogP contribution in [0.1, 0.15) is 56.1 Å². The molecule has 1 aromatic rings. The van der Waals surface area contributed by atoms with Gasteiger partial charge in [0.25, 0.3) is 0 Å². The second-order valence-electron chi connectivity index (χ2n) is 5.57. The van der Waals surface area contributed by atoms with Crippen molar-refractivity contribution in [2.75, 3.05) is 6.54 Å². The van der Waals surface area contributed by atoms with Crippen molar-refractivity contribution in [2.45, 2.75) is 57.2 Å². The molecule has 0 aromatic heterocycles. The van der Waals surface area contributed by atoms with Crippen LogP contribution in [0.5, 0.6) is 0 Å². The van der Waals surface area contributed by atoms with Gasteiger partial charge in [-0.25, -0.2) is 0 Å². The maximum absolute atomic E-state index is 12.6. The van der Waals surface area contributed by atoms with Gasteiger partial charge in [0.2, 0.25) is 0 Å². The summed E-state index contributed by atoms with van der Waals surface area (Å²) in [6.07, 6.45) is 1.38. The number of nitrogens with one attached hydrogen (secondary N) is 1. The summed E-state index contributed by atoms with van der Waals surface area (Å²) in [5, 5.41) is 3.54. The highest BCUT2D eigenvalue weighted by Gasteiger charge is 2.31. The molecule has 0 saturated heterocycles. The Morgan fingerprint density at radius 2 is 1.75 bits per heavy atom. The molecule has 20 heavy (non-hydrogen) atoms. The van der Waals surface area contributed by atoms with Gasteiger partial charge in [0.05, 0.1) is 5.56 Å². The van der Waals surface area contributed by atoms with E-state index >= 15 is 0 Å². The van der Waals surface area contributed by atoms with Crippen molar-refractivity contribution in [1.82, 2.24) is 5.32 Å². The highest BCUT2D eigenvalue weighted by molar-refractivity contribution is 5.28. The second-order valence-corrected chi connectivity index (χ2v) is 5.57. The van der Waals surface area contributed by atoms with Crippen molar-refractivity contribution in [2.24, 2.45) is 0 Å². The lowest BCUT2D eigenvalue weighted by molar-refractivity contribution is -0.137. The van der Waals surface area contributed by atoms with E-state index < -0.39 is 11.7 Å². The molecule has 4 heteroatoms. The van der Waals surface area contributed by atoms with Crippen LogP contribution in [0.4, 0.5) is 13.2 Å². The Kier molecular flexibility index (Phi) is 5.08. The maximum Gasteiger partial charge on any atom is 0.416 e. The lowest BCUT2D eigenvalue weighted by atomic mass is 9.79. The smallest absolute Gasteiger partial charge is 0.313 e. The number of hydrogen-bond acceptors (Lipinski definition) is 1. The van der Waals surface area contributed by atoms with E-state index in [0.29, 0.717) is 12.0 Å². The monoisotopic (exact) mass is 285 g/mol. The molecular weight excluding hydrogens is 263 g/mol. The van der Waals surface area contributed by atoms with Gasteiger partial charge in [0.1, 0.15) is 0 Å². The van der Waals surface area contributed by atoms with E-state index in [1.54, 1.807) is 12.1 Å².